The lowest BCUT2D eigenvalue weighted by molar-refractivity contribution is -0.104. The van der Waals surface area contributed by atoms with Gasteiger partial charge >= 0.3 is 0 Å². The van der Waals surface area contributed by atoms with Crippen LogP contribution >= 0.6 is 11.6 Å². The van der Waals surface area contributed by atoms with E-state index in [1.54, 1.807) is 6.08 Å². The van der Waals surface area contributed by atoms with Crippen molar-refractivity contribution in [2.45, 2.75) is 39.0 Å². The SMILES string of the molecule is CCCCN1/C(=C\C=O)C(C)(C)c2cc(Cl)ccc21. The minimum atomic E-state index is -0.172. The van der Waals surface area contributed by atoms with Crippen LogP contribution in [0.25, 0.3) is 0 Å². The molecule has 1 aliphatic heterocycles. The lowest BCUT2D eigenvalue weighted by Crippen LogP contribution is -2.27. The molecule has 2 rings (SSSR count). The molecule has 102 valence electrons. The second-order valence-corrected chi connectivity index (χ2v) is 5.92. The lowest BCUT2D eigenvalue weighted by atomic mass is 9.84. The van der Waals surface area contributed by atoms with Crippen molar-refractivity contribution in [3.63, 3.8) is 0 Å². The largest absolute Gasteiger partial charge is 0.344 e. The van der Waals surface area contributed by atoms with E-state index in [4.69, 9.17) is 11.6 Å². The summed E-state index contributed by atoms with van der Waals surface area (Å²) in [6.07, 6.45) is 4.80. The van der Waals surface area contributed by atoms with Gasteiger partial charge in [-0.3, -0.25) is 4.79 Å². The topological polar surface area (TPSA) is 20.3 Å². The Morgan fingerprint density at radius 3 is 2.74 bits per heavy atom. The van der Waals surface area contributed by atoms with Crippen LogP contribution in [0, 0.1) is 0 Å². The number of nitrogens with zero attached hydrogens (tertiary/aromatic N) is 1. The molecule has 0 amide bonds. The maximum atomic E-state index is 11.0. The number of halogens is 1. The maximum absolute atomic E-state index is 11.0. The maximum Gasteiger partial charge on any atom is 0.144 e. The molecule has 1 aromatic carbocycles. The van der Waals surface area contributed by atoms with Gasteiger partial charge in [0.25, 0.3) is 0 Å². The van der Waals surface area contributed by atoms with Crippen molar-refractivity contribution in [1.29, 1.82) is 0 Å². The number of anilines is 1. The van der Waals surface area contributed by atoms with Crippen LogP contribution in [0.15, 0.2) is 30.0 Å². The molecular formula is C16H20ClNO. The number of rotatable bonds is 4. The monoisotopic (exact) mass is 277 g/mol. The zero-order valence-electron chi connectivity index (χ0n) is 11.7. The van der Waals surface area contributed by atoms with Gasteiger partial charge in [-0.2, -0.15) is 0 Å². The van der Waals surface area contributed by atoms with Crippen molar-refractivity contribution in [2.24, 2.45) is 0 Å². The normalized spacial score (nSPS) is 18.7. The van der Waals surface area contributed by atoms with E-state index in [-0.39, 0.29) is 5.41 Å². The van der Waals surface area contributed by atoms with Crippen LogP contribution in [0.2, 0.25) is 5.02 Å². The Kier molecular flexibility index (Phi) is 4.00. The lowest BCUT2D eigenvalue weighted by Gasteiger charge is -2.26. The van der Waals surface area contributed by atoms with E-state index in [0.717, 1.165) is 36.4 Å². The Balaban J connectivity index is 2.53. The molecule has 0 bridgehead atoms. The van der Waals surface area contributed by atoms with Crippen molar-refractivity contribution in [3.8, 4) is 0 Å². The summed E-state index contributed by atoms with van der Waals surface area (Å²) in [5, 5.41) is 0.745. The van der Waals surface area contributed by atoms with Crippen LogP contribution in [-0.4, -0.2) is 12.8 Å². The molecule has 0 spiro atoms. The Morgan fingerprint density at radius 2 is 2.11 bits per heavy atom. The Hall–Kier alpha value is -1.28. The Morgan fingerprint density at radius 1 is 1.37 bits per heavy atom. The summed E-state index contributed by atoms with van der Waals surface area (Å²) in [7, 11) is 0. The van der Waals surface area contributed by atoms with Gasteiger partial charge in [-0.05, 0) is 36.3 Å². The third kappa shape index (κ3) is 2.42. The molecule has 1 heterocycles. The molecule has 0 N–H and O–H groups in total. The number of carbonyl (C=O) groups excluding carboxylic acids is 1. The van der Waals surface area contributed by atoms with E-state index in [0.29, 0.717) is 0 Å². The van der Waals surface area contributed by atoms with Crippen molar-refractivity contribution in [2.75, 3.05) is 11.4 Å². The summed E-state index contributed by atoms with van der Waals surface area (Å²) in [5.41, 5.74) is 3.27. The summed E-state index contributed by atoms with van der Waals surface area (Å²) in [5.74, 6) is 0. The second kappa shape index (κ2) is 5.38. The third-order valence-electron chi connectivity index (χ3n) is 3.82. The summed E-state index contributed by atoms with van der Waals surface area (Å²) < 4.78 is 0. The van der Waals surface area contributed by atoms with Gasteiger partial charge in [-0.15, -0.1) is 0 Å². The minimum absolute atomic E-state index is 0.172. The van der Waals surface area contributed by atoms with Crippen LogP contribution in [0.1, 0.15) is 39.2 Å². The van der Waals surface area contributed by atoms with Crippen molar-refractivity contribution < 1.29 is 4.79 Å². The smallest absolute Gasteiger partial charge is 0.144 e. The molecule has 1 aromatic rings. The van der Waals surface area contributed by atoms with Gasteiger partial charge in [-0.1, -0.05) is 38.8 Å². The molecular weight excluding hydrogens is 258 g/mol. The van der Waals surface area contributed by atoms with Crippen molar-refractivity contribution in [3.05, 3.63) is 40.6 Å². The first kappa shape index (κ1) is 14.1. The fraction of sp³-hybridized carbons (Fsp3) is 0.438. The molecule has 1 aliphatic rings. The molecule has 0 saturated carbocycles. The number of aldehydes is 1. The van der Waals surface area contributed by atoms with Crippen LogP contribution in [0.5, 0.6) is 0 Å². The number of fused-ring (bicyclic) bond motifs is 1. The predicted octanol–water partition coefficient (Wildman–Crippen LogP) is 4.32. The van der Waals surface area contributed by atoms with Crippen LogP contribution < -0.4 is 4.90 Å². The highest BCUT2D eigenvalue weighted by Gasteiger charge is 2.39. The van der Waals surface area contributed by atoms with E-state index in [1.807, 2.05) is 12.1 Å². The Labute approximate surface area is 120 Å². The number of hydrogen-bond acceptors (Lipinski definition) is 2. The molecule has 0 atom stereocenters. The summed E-state index contributed by atoms with van der Waals surface area (Å²) in [6, 6.07) is 5.99. The van der Waals surface area contributed by atoms with E-state index in [9.17, 15) is 4.79 Å². The fourth-order valence-electron chi connectivity index (χ4n) is 2.77. The molecule has 0 aromatic heterocycles. The highest BCUT2D eigenvalue weighted by atomic mass is 35.5. The minimum Gasteiger partial charge on any atom is -0.344 e. The highest BCUT2D eigenvalue weighted by Crippen LogP contribution is 2.48. The van der Waals surface area contributed by atoms with Crippen molar-refractivity contribution >= 4 is 23.6 Å². The van der Waals surface area contributed by atoms with Gasteiger partial charge in [0.1, 0.15) is 6.29 Å². The molecule has 0 saturated heterocycles. The fourth-order valence-corrected chi connectivity index (χ4v) is 2.94. The molecule has 0 aliphatic carbocycles. The summed E-state index contributed by atoms with van der Waals surface area (Å²) >= 11 is 6.12. The zero-order valence-corrected chi connectivity index (χ0v) is 12.5. The standard InChI is InChI=1S/C16H20ClNO/c1-4-5-9-18-14-7-6-12(17)11-13(14)16(2,3)15(18)8-10-19/h6-8,10-11H,4-5,9H2,1-3H3/b15-8-. The first-order valence-corrected chi connectivity index (χ1v) is 7.13. The molecule has 19 heavy (non-hydrogen) atoms. The molecule has 2 nitrogen and oxygen atoms in total. The zero-order chi connectivity index (χ0) is 14.0. The quantitative estimate of drug-likeness (QED) is 0.603. The van der Waals surface area contributed by atoms with Gasteiger partial charge in [0.15, 0.2) is 0 Å². The average molecular weight is 278 g/mol. The van der Waals surface area contributed by atoms with E-state index in [1.165, 1.54) is 11.3 Å². The Bertz CT molecular complexity index is 519. The van der Waals surface area contributed by atoms with Gasteiger partial charge in [0.2, 0.25) is 0 Å². The molecule has 0 fully saturated rings. The summed E-state index contributed by atoms with van der Waals surface area (Å²) in [4.78, 5) is 13.2. The molecule has 0 unspecified atom stereocenters. The van der Waals surface area contributed by atoms with E-state index < -0.39 is 0 Å². The van der Waals surface area contributed by atoms with E-state index >= 15 is 0 Å². The highest BCUT2D eigenvalue weighted by molar-refractivity contribution is 6.30. The number of carbonyl (C=O) groups is 1. The van der Waals surface area contributed by atoms with Gasteiger partial charge in [0.05, 0.1) is 0 Å². The second-order valence-electron chi connectivity index (χ2n) is 5.48. The number of allylic oxidation sites excluding steroid dienone is 2. The summed E-state index contributed by atoms with van der Waals surface area (Å²) in [6.45, 7) is 7.40. The number of benzene rings is 1. The molecule has 3 heteroatoms. The van der Waals surface area contributed by atoms with Crippen LogP contribution in [0.4, 0.5) is 5.69 Å². The number of hydrogen-bond donors (Lipinski definition) is 0. The number of unbranched alkanes of at least 4 members (excludes halogenated alkanes) is 1. The van der Waals surface area contributed by atoms with Crippen LogP contribution in [-0.2, 0) is 10.2 Å². The average Bonchev–Trinajstić information content (AvgIpc) is 2.57. The first-order chi connectivity index (χ1) is 9.02. The van der Waals surface area contributed by atoms with Gasteiger partial charge in [-0.25, -0.2) is 0 Å². The van der Waals surface area contributed by atoms with Gasteiger partial charge in [0, 0.05) is 28.4 Å². The third-order valence-corrected chi connectivity index (χ3v) is 4.05. The molecule has 0 radical (unpaired) electrons. The van der Waals surface area contributed by atoms with Gasteiger partial charge < -0.3 is 4.90 Å². The van der Waals surface area contributed by atoms with Crippen molar-refractivity contribution in [1.82, 2.24) is 0 Å². The van der Waals surface area contributed by atoms with E-state index in [2.05, 4.69) is 31.7 Å². The van der Waals surface area contributed by atoms with Crippen LogP contribution in [0.3, 0.4) is 0 Å². The first-order valence-electron chi connectivity index (χ1n) is 6.76. The predicted molar refractivity (Wildman–Crippen MR) is 80.9 cm³/mol.